The van der Waals surface area contributed by atoms with E-state index in [1.54, 1.807) is 12.1 Å². The fourth-order valence-electron chi connectivity index (χ4n) is 1.38. The average Bonchev–Trinajstić information content (AvgIpc) is 2.42. The molecule has 0 spiro atoms. The Morgan fingerprint density at radius 2 is 2.10 bits per heavy atom. The van der Waals surface area contributed by atoms with Gasteiger partial charge in [0.1, 0.15) is 6.61 Å². The molecule has 1 aromatic carbocycles. The minimum Gasteiger partial charge on any atom is -0.489 e. The molecule has 1 rings (SSSR count). The molecule has 20 heavy (non-hydrogen) atoms. The second-order valence-electron chi connectivity index (χ2n) is 4.08. The third kappa shape index (κ3) is 5.55. The molecule has 1 aromatic rings. The summed E-state index contributed by atoms with van der Waals surface area (Å²) in [5.74, 6) is -1.30. The predicted molar refractivity (Wildman–Crippen MR) is 70.2 cm³/mol. The summed E-state index contributed by atoms with van der Waals surface area (Å²) in [6.45, 7) is 0.444. The van der Waals surface area contributed by atoms with Gasteiger partial charge in [0.15, 0.2) is 11.6 Å². The van der Waals surface area contributed by atoms with Crippen molar-refractivity contribution in [3.8, 4) is 5.75 Å². The van der Waals surface area contributed by atoms with Crippen molar-refractivity contribution in [2.24, 2.45) is 0 Å². The summed E-state index contributed by atoms with van der Waals surface area (Å²) in [7, 11) is 1.50. The average molecular weight is 284 g/mol. The van der Waals surface area contributed by atoms with Crippen molar-refractivity contribution < 1.29 is 23.8 Å². The summed E-state index contributed by atoms with van der Waals surface area (Å²) in [5.41, 5.74) is 0. The van der Waals surface area contributed by atoms with Crippen molar-refractivity contribution in [1.29, 1.82) is 0 Å². The maximum Gasteiger partial charge on any atom is 0.317 e. The van der Waals surface area contributed by atoms with Crippen LogP contribution in [0.5, 0.6) is 5.75 Å². The molecular weight excluding hydrogens is 267 g/mol. The summed E-state index contributed by atoms with van der Waals surface area (Å²) in [5, 5.41) is 11.0. The Labute approximate surface area is 116 Å². The van der Waals surface area contributed by atoms with E-state index in [4.69, 9.17) is 9.84 Å². The third-order valence-corrected chi connectivity index (χ3v) is 2.48. The number of nitrogens with one attached hydrogen (secondary N) is 1. The predicted octanol–water partition coefficient (Wildman–Crippen LogP) is 1.32. The molecule has 2 amide bonds. The Balaban J connectivity index is 2.22. The topological polar surface area (TPSA) is 78.9 Å². The van der Waals surface area contributed by atoms with E-state index in [0.29, 0.717) is 0 Å². The number of benzene rings is 1. The van der Waals surface area contributed by atoms with E-state index >= 15 is 0 Å². The van der Waals surface area contributed by atoms with E-state index in [1.165, 1.54) is 24.1 Å². The number of carbonyl (C=O) groups excluding carboxylic acids is 1. The van der Waals surface area contributed by atoms with Gasteiger partial charge in [-0.2, -0.15) is 0 Å². The fourth-order valence-corrected chi connectivity index (χ4v) is 1.38. The Hall–Kier alpha value is -2.31. The fraction of sp³-hybridized carbons (Fsp3) is 0.385. The van der Waals surface area contributed by atoms with Crippen LogP contribution < -0.4 is 10.1 Å². The molecule has 0 unspecified atom stereocenters. The van der Waals surface area contributed by atoms with Crippen LogP contribution >= 0.6 is 0 Å². The number of carbonyl (C=O) groups is 2. The Bertz CT molecular complexity index is 467. The summed E-state index contributed by atoms with van der Waals surface area (Å²) < 4.78 is 18.4. The first-order valence-electron chi connectivity index (χ1n) is 6.09. The van der Waals surface area contributed by atoms with E-state index in [2.05, 4.69) is 5.32 Å². The van der Waals surface area contributed by atoms with E-state index in [9.17, 15) is 14.0 Å². The van der Waals surface area contributed by atoms with Gasteiger partial charge in [-0.3, -0.25) is 4.79 Å². The molecule has 2 N–H and O–H groups in total. The van der Waals surface area contributed by atoms with Gasteiger partial charge in [-0.05, 0) is 12.1 Å². The van der Waals surface area contributed by atoms with Crippen LogP contribution in [-0.4, -0.2) is 48.8 Å². The van der Waals surface area contributed by atoms with Crippen LogP contribution in [0.4, 0.5) is 9.18 Å². The number of hydrogen-bond acceptors (Lipinski definition) is 3. The van der Waals surface area contributed by atoms with Gasteiger partial charge in [0, 0.05) is 13.6 Å². The maximum atomic E-state index is 13.2. The van der Waals surface area contributed by atoms with Crippen molar-refractivity contribution in [2.45, 2.75) is 6.42 Å². The quantitative estimate of drug-likeness (QED) is 0.740. The van der Waals surface area contributed by atoms with Gasteiger partial charge in [-0.25, -0.2) is 9.18 Å². The van der Waals surface area contributed by atoms with Crippen LogP contribution in [0, 0.1) is 5.82 Å². The molecule has 0 bridgehead atoms. The molecule has 110 valence electrons. The molecule has 0 saturated heterocycles. The molecule has 0 radical (unpaired) electrons. The van der Waals surface area contributed by atoms with Gasteiger partial charge in [0.2, 0.25) is 0 Å². The number of rotatable bonds is 7. The lowest BCUT2D eigenvalue weighted by molar-refractivity contribution is -0.137. The van der Waals surface area contributed by atoms with Crippen LogP contribution in [0.2, 0.25) is 0 Å². The van der Waals surface area contributed by atoms with Crippen molar-refractivity contribution >= 4 is 12.0 Å². The molecular formula is C13H17FN2O4. The minimum absolute atomic E-state index is 0.115. The zero-order chi connectivity index (χ0) is 15.0. The second-order valence-corrected chi connectivity index (χ2v) is 4.08. The lowest BCUT2D eigenvalue weighted by atomic mass is 10.3. The van der Waals surface area contributed by atoms with E-state index in [1.807, 2.05) is 0 Å². The second kappa shape index (κ2) is 7.98. The molecule has 6 nitrogen and oxygen atoms in total. The largest absolute Gasteiger partial charge is 0.489 e. The lowest BCUT2D eigenvalue weighted by Gasteiger charge is -2.17. The van der Waals surface area contributed by atoms with Crippen LogP contribution in [-0.2, 0) is 4.79 Å². The molecule has 0 fully saturated rings. The van der Waals surface area contributed by atoms with Gasteiger partial charge in [0.05, 0.1) is 13.0 Å². The highest BCUT2D eigenvalue weighted by molar-refractivity contribution is 5.74. The third-order valence-electron chi connectivity index (χ3n) is 2.48. The molecule has 0 aromatic heterocycles. The highest BCUT2D eigenvalue weighted by Gasteiger charge is 2.09. The number of nitrogens with zero attached hydrogens (tertiary/aromatic N) is 1. The first-order valence-corrected chi connectivity index (χ1v) is 6.09. The number of carboxylic acid groups (broad SMARTS) is 1. The van der Waals surface area contributed by atoms with Crippen LogP contribution in [0.3, 0.4) is 0 Å². The number of aliphatic carboxylic acids is 1. The van der Waals surface area contributed by atoms with Crippen molar-refractivity contribution in [1.82, 2.24) is 10.2 Å². The first kappa shape index (κ1) is 15.7. The van der Waals surface area contributed by atoms with Crippen molar-refractivity contribution in [2.75, 3.05) is 26.7 Å². The van der Waals surface area contributed by atoms with Crippen LogP contribution in [0.25, 0.3) is 0 Å². The Kier molecular flexibility index (Phi) is 6.28. The van der Waals surface area contributed by atoms with E-state index < -0.39 is 17.8 Å². The monoisotopic (exact) mass is 284 g/mol. The molecule has 0 saturated carbocycles. The minimum atomic E-state index is -0.965. The van der Waals surface area contributed by atoms with Crippen molar-refractivity contribution in [3.05, 3.63) is 30.1 Å². The first-order chi connectivity index (χ1) is 9.50. The summed E-state index contributed by atoms with van der Waals surface area (Å²) >= 11 is 0. The molecule has 7 heteroatoms. The number of ether oxygens (including phenoxy) is 1. The molecule has 0 aliphatic carbocycles. The van der Waals surface area contributed by atoms with Gasteiger partial charge in [-0.15, -0.1) is 0 Å². The maximum absolute atomic E-state index is 13.2. The zero-order valence-electron chi connectivity index (χ0n) is 11.1. The Morgan fingerprint density at radius 3 is 2.75 bits per heavy atom. The molecule has 0 aliphatic rings. The number of para-hydroxylation sites is 1. The van der Waals surface area contributed by atoms with Gasteiger partial charge in [0.25, 0.3) is 0 Å². The van der Waals surface area contributed by atoms with Gasteiger partial charge >= 0.3 is 12.0 Å². The van der Waals surface area contributed by atoms with Crippen LogP contribution in [0.1, 0.15) is 6.42 Å². The SMILES string of the molecule is CN(CCC(=O)O)C(=O)NCCOc1ccccc1F. The lowest BCUT2D eigenvalue weighted by Crippen LogP contribution is -2.40. The molecule has 0 atom stereocenters. The number of carboxylic acids is 1. The smallest absolute Gasteiger partial charge is 0.317 e. The number of hydrogen-bond donors (Lipinski definition) is 2. The van der Waals surface area contributed by atoms with Gasteiger partial charge in [-0.1, -0.05) is 12.1 Å². The highest BCUT2D eigenvalue weighted by atomic mass is 19.1. The summed E-state index contributed by atoms with van der Waals surface area (Å²) in [6.07, 6.45) is -0.115. The highest BCUT2D eigenvalue weighted by Crippen LogP contribution is 2.14. The molecule has 0 aliphatic heterocycles. The number of halogens is 1. The normalized spacial score (nSPS) is 9.90. The molecule has 0 heterocycles. The van der Waals surface area contributed by atoms with Crippen LogP contribution in [0.15, 0.2) is 24.3 Å². The van der Waals surface area contributed by atoms with E-state index in [-0.39, 0.29) is 31.9 Å². The Morgan fingerprint density at radius 1 is 1.40 bits per heavy atom. The standard InChI is InChI=1S/C13H17FN2O4/c1-16(8-6-12(17)18)13(19)15-7-9-20-11-5-3-2-4-10(11)14/h2-5H,6-9H2,1H3,(H,15,19)(H,17,18). The van der Waals surface area contributed by atoms with E-state index in [0.717, 1.165) is 0 Å². The van der Waals surface area contributed by atoms with Gasteiger partial charge < -0.3 is 20.1 Å². The number of urea groups is 1. The summed E-state index contributed by atoms with van der Waals surface area (Å²) in [4.78, 5) is 23.1. The number of amides is 2. The van der Waals surface area contributed by atoms with Crippen molar-refractivity contribution in [3.63, 3.8) is 0 Å². The summed E-state index contributed by atoms with van der Waals surface area (Å²) in [6, 6.07) is 5.59. The zero-order valence-corrected chi connectivity index (χ0v) is 11.1.